The molecule has 3 saturated heterocycles. The molecular weight excluding hydrogens is 518 g/mol. The van der Waals surface area contributed by atoms with Crippen LogP contribution in [0, 0.1) is 5.92 Å². The van der Waals surface area contributed by atoms with Gasteiger partial charge in [0.25, 0.3) is 0 Å². The zero-order chi connectivity index (χ0) is 29.1. The second kappa shape index (κ2) is 19.9. The zero-order valence-electron chi connectivity index (χ0n) is 26.5. The SMILES string of the molecule is Oc1ccc(Oc2ccc(OC3CN4CCCCCCCCCCCCCCCCCCCCCC3CC4)cc2)cc1. The molecule has 2 aromatic carbocycles. The van der Waals surface area contributed by atoms with E-state index in [-0.39, 0.29) is 11.9 Å². The molecule has 2 bridgehead atoms. The second-order valence-corrected chi connectivity index (χ2v) is 13.1. The van der Waals surface area contributed by atoms with E-state index < -0.39 is 0 Å². The van der Waals surface area contributed by atoms with Crippen LogP contribution in [0.25, 0.3) is 0 Å². The highest BCUT2D eigenvalue weighted by Crippen LogP contribution is 2.30. The van der Waals surface area contributed by atoms with Crippen LogP contribution in [0.4, 0.5) is 0 Å². The van der Waals surface area contributed by atoms with Gasteiger partial charge in [0.1, 0.15) is 29.1 Å². The van der Waals surface area contributed by atoms with Crippen LogP contribution in [0.3, 0.4) is 0 Å². The quantitative estimate of drug-likeness (QED) is 0.392. The van der Waals surface area contributed by atoms with Crippen molar-refractivity contribution in [3.05, 3.63) is 48.5 Å². The third-order valence-corrected chi connectivity index (χ3v) is 9.51. The van der Waals surface area contributed by atoms with E-state index in [1.807, 2.05) is 24.3 Å². The molecule has 3 atom stereocenters. The number of hydrogen-bond acceptors (Lipinski definition) is 4. The average molecular weight is 578 g/mol. The van der Waals surface area contributed by atoms with E-state index >= 15 is 0 Å². The first-order chi connectivity index (χ1) is 20.8. The first kappa shape index (κ1) is 32.7. The molecule has 0 spiro atoms. The van der Waals surface area contributed by atoms with Gasteiger partial charge < -0.3 is 14.6 Å². The molecule has 5 rings (SSSR count). The monoisotopic (exact) mass is 577 g/mol. The van der Waals surface area contributed by atoms with Crippen LogP contribution < -0.4 is 9.47 Å². The number of piperidine rings is 1. The smallest absolute Gasteiger partial charge is 0.127 e. The Morgan fingerprint density at radius 3 is 1.43 bits per heavy atom. The van der Waals surface area contributed by atoms with Gasteiger partial charge in [0.15, 0.2) is 0 Å². The minimum Gasteiger partial charge on any atom is -0.508 e. The summed E-state index contributed by atoms with van der Waals surface area (Å²) < 4.78 is 12.7. The van der Waals surface area contributed by atoms with E-state index in [0.717, 1.165) is 18.0 Å². The summed E-state index contributed by atoms with van der Waals surface area (Å²) >= 11 is 0. The summed E-state index contributed by atoms with van der Waals surface area (Å²) in [5.41, 5.74) is 0. The summed E-state index contributed by atoms with van der Waals surface area (Å²) in [7, 11) is 0. The first-order valence-electron chi connectivity index (χ1n) is 17.7. The number of hydrogen-bond donors (Lipinski definition) is 1. The molecule has 3 aliphatic rings. The predicted octanol–water partition coefficient (Wildman–Crippen LogP) is 11.1. The predicted molar refractivity (Wildman–Crippen MR) is 176 cm³/mol. The van der Waals surface area contributed by atoms with Crippen LogP contribution >= 0.6 is 0 Å². The zero-order valence-corrected chi connectivity index (χ0v) is 26.5. The minimum absolute atomic E-state index is 0.244. The molecule has 0 radical (unpaired) electrons. The van der Waals surface area contributed by atoms with E-state index in [9.17, 15) is 5.11 Å². The third kappa shape index (κ3) is 13.0. The summed E-state index contributed by atoms with van der Waals surface area (Å²) in [4.78, 5) is 2.67. The van der Waals surface area contributed by atoms with Crippen LogP contribution in [0.15, 0.2) is 48.5 Å². The van der Waals surface area contributed by atoms with Gasteiger partial charge in [0, 0.05) is 6.54 Å². The fourth-order valence-electron chi connectivity index (χ4n) is 6.85. The summed E-state index contributed by atoms with van der Waals surface area (Å²) in [6, 6.07) is 14.9. The number of phenolic OH excluding ortho intramolecular Hbond substituents is 1. The number of benzene rings is 2. The Labute approximate surface area is 257 Å². The Hall–Kier alpha value is -2.20. The highest BCUT2D eigenvalue weighted by atomic mass is 16.5. The van der Waals surface area contributed by atoms with Crippen molar-refractivity contribution in [1.82, 2.24) is 4.90 Å². The van der Waals surface area contributed by atoms with E-state index in [1.165, 1.54) is 148 Å². The van der Waals surface area contributed by atoms with E-state index in [1.54, 1.807) is 24.3 Å². The normalized spacial score (nSPS) is 25.1. The van der Waals surface area contributed by atoms with Gasteiger partial charge in [-0.1, -0.05) is 116 Å². The van der Waals surface area contributed by atoms with Gasteiger partial charge in [0.2, 0.25) is 0 Å². The number of phenols is 1. The number of aromatic hydroxyl groups is 1. The van der Waals surface area contributed by atoms with Crippen molar-refractivity contribution in [2.24, 2.45) is 5.92 Å². The largest absolute Gasteiger partial charge is 0.508 e. The summed E-state index contributed by atoms with van der Waals surface area (Å²) in [6.45, 7) is 3.49. The maximum absolute atomic E-state index is 9.52. The highest BCUT2D eigenvalue weighted by Gasteiger charge is 2.30. The standard InChI is InChI=1S/C38H59NO3/c40-34-21-23-35(24-22-34)41-36-25-27-37(28-26-36)42-38-32-39-30-19-17-15-13-11-9-7-5-3-1-2-4-6-8-10-12-14-16-18-20-33(38)29-31-39/h21-28,33,38,40H,1-20,29-32H2. The molecule has 4 nitrogen and oxygen atoms in total. The van der Waals surface area contributed by atoms with E-state index in [2.05, 4.69) is 4.90 Å². The van der Waals surface area contributed by atoms with Crippen molar-refractivity contribution in [2.75, 3.05) is 19.6 Å². The van der Waals surface area contributed by atoms with Crippen LogP contribution in [0.5, 0.6) is 23.0 Å². The Morgan fingerprint density at radius 2 is 0.905 bits per heavy atom. The van der Waals surface area contributed by atoms with Crippen molar-refractivity contribution in [3.8, 4) is 23.0 Å². The molecule has 0 amide bonds. The number of fused-ring (bicyclic) bond motifs is 22. The Bertz CT molecular complexity index is 940. The summed E-state index contributed by atoms with van der Waals surface area (Å²) in [6.07, 6.45) is 29.8. The van der Waals surface area contributed by atoms with Gasteiger partial charge >= 0.3 is 0 Å². The lowest BCUT2D eigenvalue weighted by atomic mass is 9.88. The van der Waals surface area contributed by atoms with Gasteiger partial charge in [-0.15, -0.1) is 0 Å². The van der Waals surface area contributed by atoms with Crippen molar-refractivity contribution >= 4 is 0 Å². The molecule has 3 unspecified atom stereocenters. The van der Waals surface area contributed by atoms with Crippen molar-refractivity contribution < 1.29 is 14.6 Å². The summed E-state index contributed by atoms with van der Waals surface area (Å²) in [5.74, 6) is 3.32. The van der Waals surface area contributed by atoms with Gasteiger partial charge in [-0.25, -0.2) is 0 Å². The van der Waals surface area contributed by atoms with Gasteiger partial charge in [-0.2, -0.15) is 0 Å². The molecular formula is C38H59NO3. The minimum atomic E-state index is 0.244. The van der Waals surface area contributed by atoms with Crippen LogP contribution in [-0.4, -0.2) is 35.7 Å². The van der Waals surface area contributed by atoms with Crippen LogP contribution in [0.1, 0.15) is 135 Å². The molecule has 4 heteroatoms. The van der Waals surface area contributed by atoms with Crippen LogP contribution in [-0.2, 0) is 0 Å². The molecule has 0 aliphatic carbocycles. The van der Waals surface area contributed by atoms with Crippen molar-refractivity contribution in [2.45, 2.75) is 141 Å². The molecule has 234 valence electrons. The fraction of sp³-hybridized carbons (Fsp3) is 0.684. The molecule has 0 saturated carbocycles. The molecule has 1 N–H and O–H groups in total. The first-order valence-corrected chi connectivity index (χ1v) is 17.7. The van der Waals surface area contributed by atoms with Crippen LogP contribution in [0.2, 0.25) is 0 Å². The van der Waals surface area contributed by atoms with E-state index in [0.29, 0.717) is 11.7 Å². The molecule has 3 fully saturated rings. The number of nitrogens with zero attached hydrogens (tertiary/aromatic N) is 1. The number of rotatable bonds is 4. The fourth-order valence-corrected chi connectivity index (χ4v) is 6.85. The van der Waals surface area contributed by atoms with Crippen molar-refractivity contribution in [3.63, 3.8) is 0 Å². The number of ether oxygens (including phenoxy) is 2. The Kier molecular flexibility index (Phi) is 15.5. The third-order valence-electron chi connectivity index (χ3n) is 9.51. The maximum atomic E-state index is 9.52. The molecule has 2 aromatic rings. The lowest BCUT2D eigenvalue weighted by Gasteiger charge is -2.38. The summed E-state index contributed by atoms with van der Waals surface area (Å²) in [5, 5.41) is 9.52. The van der Waals surface area contributed by atoms with Gasteiger partial charge in [0.05, 0.1) is 0 Å². The maximum Gasteiger partial charge on any atom is 0.127 e. The molecule has 3 heterocycles. The van der Waals surface area contributed by atoms with E-state index in [4.69, 9.17) is 9.47 Å². The molecule has 42 heavy (non-hydrogen) atoms. The average Bonchev–Trinajstić information content (AvgIpc) is 3.00. The van der Waals surface area contributed by atoms with Crippen molar-refractivity contribution in [1.29, 1.82) is 0 Å². The molecule has 3 aliphatic heterocycles. The lowest BCUT2D eigenvalue weighted by Crippen LogP contribution is -2.47. The van der Waals surface area contributed by atoms with Gasteiger partial charge in [-0.05, 0) is 86.8 Å². The Balaban J connectivity index is 1.27. The topological polar surface area (TPSA) is 41.9 Å². The highest BCUT2D eigenvalue weighted by molar-refractivity contribution is 5.37. The lowest BCUT2D eigenvalue weighted by molar-refractivity contribution is 0.0339. The van der Waals surface area contributed by atoms with Gasteiger partial charge in [-0.3, -0.25) is 4.90 Å². The molecule has 0 aromatic heterocycles. The Morgan fingerprint density at radius 1 is 0.476 bits per heavy atom. The second-order valence-electron chi connectivity index (χ2n) is 13.1.